The first-order chi connectivity index (χ1) is 14.6. The van der Waals surface area contributed by atoms with Gasteiger partial charge in [0.15, 0.2) is 0 Å². The van der Waals surface area contributed by atoms with Gasteiger partial charge in [0.1, 0.15) is 23.5 Å². The minimum absolute atomic E-state index is 0.0359. The Morgan fingerprint density at radius 2 is 1.87 bits per heavy atom. The van der Waals surface area contributed by atoms with E-state index in [1.807, 2.05) is 19.1 Å². The number of carbonyl (C=O) groups excluding carboxylic acids is 1. The molecule has 0 aromatic carbocycles. The van der Waals surface area contributed by atoms with Crippen molar-refractivity contribution in [2.75, 3.05) is 16.8 Å². The molecule has 1 atom stereocenters. The van der Waals surface area contributed by atoms with Crippen molar-refractivity contribution in [2.24, 2.45) is 0 Å². The fourth-order valence-electron chi connectivity index (χ4n) is 3.71. The van der Waals surface area contributed by atoms with E-state index < -0.39 is 17.8 Å². The molecule has 1 unspecified atom stereocenters. The van der Waals surface area contributed by atoms with E-state index in [-0.39, 0.29) is 17.4 Å². The van der Waals surface area contributed by atoms with E-state index in [0.717, 1.165) is 23.4 Å². The first-order valence-electron chi connectivity index (χ1n) is 9.65. The highest BCUT2D eigenvalue weighted by molar-refractivity contribution is 6.00. The van der Waals surface area contributed by atoms with Gasteiger partial charge in [0.25, 0.3) is 5.91 Å². The first kappa shape index (κ1) is 20.8. The summed E-state index contributed by atoms with van der Waals surface area (Å²) in [6.45, 7) is 3.31. The van der Waals surface area contributed by atoms with Crippen LogP contribution in [0, 0.1) is 13.8 Å². The van der Waals surface area contributed by atoms with Gasteiger partial charge in [-0.1, -0.05) is 12.1 Å². The van der Waals surface area contributed by atoms with E-state index in [0.29, 0.717) is 18.1 Å². The highest BCUT2D eigenvalue weighted by atomic mass is 19.4. The minimum Gasteiger partial charge on any atom is -0.298 e. The van der Waals surface area contributed by atoms with Crippen LogP contribution < -0.4 is 9.80 Å². The first-order valence-corrected chi connectivity index (χ1v) is 9.65. The van der Waals surface area contributed by atoms with Gasteiger partial charge in [-0.2, -0.15) is 13.2 Å². The summed E-state index contributed by atoms with van der Waals surface area (Å²) in [6.07, 6.45) is -2.68. The van der Waals surface area contributed by atoms with Crippen molar-refractivity contribution < 1.29 is 18.0 Å². The SMILES string of the molecule is Cc1cccc(N(C)C(=O)C2Cc3cccnc3N2c2cc(C(F)(F)F)cc(C)n2)n1. The van der Waals surface area contributed by atoms with Crippen LogP contribution in [0.2, 0.25) is 0 Å². The number of anilines is 3. The van der Waals surface area contributed by atoms with Crippen molar-refractivity contribution >= 4 is 23.4 Å². The number of aromatic nitrogens is 3. The molecule has 4 heterocycles. The normalized spacial score (nSPS) is 15.7. The Balaban J connectivity index is 1.78. The molecule has 0 N–H and O–H groups in total. The van der Waals surface area contributed by atoms with E-state index >= 15 is 0 Å². The molecule has 0 bridgehead atoms. The Morgan fingerprint density at radius 3 is 2.58 bits per heavy atom. The molecule has 0 spiro atoms. The van der Waals surface area contributed by atoms with Gasteiger partial charge in [0, 0.05) is 31.1 Å². The molecule has 1 amide bonds. The summed E-state index contributed by atoms with van der Waals surface area (Å²) < 4.78 is 40.3. The summed E-state index contributed by atoms with van der Waals surface area (Å²) >= 11 is 0. The Hall–Kier alpha value is -3.49. The third-order valence-electron chi connectivity index (χ3n) is 5.17. The van der Waals surface area contributed by atoms with Crippen LogP contribution in [0.4, 0.5) is 30.6 Å². The summed E-state index contributed by atoms with van der Waals surface area (Å²) in [5, 5.41) is 0. The minimum atomic E-state index is -4.53. The van der Waals surface area contributed by atoms with Gasteiger partial charge >= 0.3 is 6.18 Å². The Kier molecular flexibility index (Phi) is 5.12. The van der Waals surface area contributed by atoms with Gasteiger partial charge in [0.05, 0.1) is 5.56 Å². The number of halogens is 3. The molecule has 0 aliphatic carbocycles. The average Bonchev–Trinajstić information content (AvgIpc) is 3.11. The number of rotatable bonds is 3. The zero-order chi connectivity index (χ0) is 22.3. The van der Waals surface area contributed by atoms with Crippen molar-refractivity contribution in [2.45, 2.75) is 32.5 Å². The summed E-state index contributed by atoms with van der Waals surface area (Å²) in [5.74, 6) is 0.612. The highest BCUT2D eigenvalue weighted by Crippen LogP contribution is 2.39. The van der Waals surface area contributed by atoms with Crippen LogP contribution >= 0.6 is 0 Å². The fourth-order valence-corrected chi connectivity index (χ4v) is 3.71. The fraction of sp³-hybridized carbons (Fsp3) is 0.273. The van der Waals surface area contributed by atoms with Crippen LogP contribution in [0.3, 0.4) is 0 Å². The number of fused-ring (bicyclic) bond motifs is 1. The summed E-state index contributed by atoms with van der Waals surface area (Å²) in [7, 11) is 1.60. The van der Waals surface area contributed by atoms with Gasteiger partial charge in [-0.05, 0) is 49.7 Å². The smallest absolute Gasteiger partial charge is 0.298 e. The number of likely N-dealkylation sites (N-methyl/N-ethyl adjacent to an activating group) is 1. The number of nitrogens with zero attached hydrogens (tertiary/aromatic N) is 5. The van der Waals surface area contributed by atoms with Crippen molar-refractivity contribution in [3.05, 3.63) is 71.2 Å². The molecular weight excluding hydrogens is 407 g/mol. The molecule has 160 valence electrons. The molecular formula is C22H20F3N5O. The van der Waals surface area contributed by atoms with Crippen LogP contribution in [0.5, 0.6) is 0 Å². The third-order valence-corrected chi connectivity index (χ3v) is 5.17. The van der Waals surface area contributed by atoms with Crippen LogP contribution in [-0.2, 0) is 17.4 Å². The van der Waals surface area contributed by atoms with Gasteiger partial charge in [0.2, 0.25) is 0 Å². The quantitative estimate of drug-likeness (QED) is 0.626. The second kappa shape index (κ2) is 7.64. The van der Waals surface area contributed by atoms with Gasteiger partial charge in [-0.15, -0.1) is 0 Å². The molecule has 6 nitrogen and oxygen atoms in total. The molecule has 0 saturated carbocycles. The largest absolute Gasteiger partial charge is 0.416 e. The number of aryl methyl sites for hydroxylation is 2. The molecule has 9 heteroatoms. The molecule has 3 aromatic rings. The summed E-state index contributed by atoms with van der Waals surface area (Å²) in [4.78, 5) is 29.4. The lowest BCUT2D eigenvalue weighted by Gasteiger charge is -2.29. The second-order valence-corrected chi connectivity index (χ2v) is 7.46. The van der Waals surface area contributed by atoms with Gasteiger partial charge < -0.3 is 0 Å². The lowest BCUT2D eigenvalue weighted by molar-refractivity contribution is -0.137. The van der Waals surface area contributed by atoms with E-state index in [9.17, 15) is 18.0 Å². The van der Waals surface area contributed by atoms with Crippen LogP contribution in [0.1, 0.15) is 22.5 Å². The molecule has 0 radical (unpaired) electrons. The number of amides is 1. The van der Waals surface area contributed by atoms with Crippen molar-refractivity contribution in [3.8, 4) is 0 Å². The predicted molar refractivity (Wildman–Crippen MR) is 110 cm³/mol. The number of hydrogen-bond acceptors (Lipinski definition) is 5. The van der Waals surface area contributed by atoms with Gasteiger partial charge in [-0.25, -0.2) is 15.0 Å². The molecule has 4 rings (SSSR count). The maximum Gasteiger partial charge on any atom is 0.416 e. The van der Waals surface area contributed by atoms with Crippen molar-refractivity contribution in [1.82, 2.24) is 15.0 Å². The van der Waals surface area contributed by atoms with Crippen LogP contribution in [0.25, 0.3) is 0 Å². The molecule has 0 saturated heterocycles. The number of alkyl halides is 3. The predicted octanol–water partition coefficient (Wildman–Crippen LogP) is 4.23. The molecule has 31 heavy (non-hydrogen) atoms. The maximum absolute atomic E-state index is 13.4. The van der Waals surface area contributed by atoms with E-state index in [1.54, 1.807) is 31.4 Å². The molecule has 0 fully saturated rings. The number of carbonyl (C=O) groups is 1. The average molecular weight is 427 g/mol. The van der Waals surface area contributed by atoms with Crippen LogP contribution in [0.15, 0.2) is 48.7 Å². The Labute approximate surface area is 177 Å². The van der Waals surface area contributed by atoms with Gasteiger partial charge in [-0.3, -0.25) is 14.6 Å². The zero-order valence-corrected chi connectivity index (χ0v) is 17.2. The Bertz CT molecular complexity index is 1150. The van der Waals surface area contributed by atoms with E-state index in [2.05, 4.69) is 15.0 Å². The third kappa shape index (κ3) is 3.95. The summed E-state index contributed by atoms with van der Waals surface area (Å²) in [5.41, 5.74) is 0.900. The second-order valence-electron chi connectivity index (χ2n) is 7.46. The number of hydrogen-bond donors (Lipinski definition) is 0. The molecule has 1 aliphatic rings. The topological polar surface area (TPSA) is 62.2 Å². The highest BCUT2D eigenvalue weighted by Gasteiger charge is 2.40. The Morgan fingerprint density at radius 1 is 1.10 bits per heavy atom. The summed E-state index contributed by atoms with van der Waals surface area (Å²) in [6, 6.07) is 10.0. The standard InChI is InChI=1S/C22H20F3N5O/c1-13-6-4-8-18(27-13)29(3)21(31)17-11-15-7-5-9-26-20(15)30(17)19-12-16(22(23,24)25)10-14(2)28-19/h4-10,12,17H,11H2,1-3H3. The van der Waals surface area contributed by atoms with Crippen LogP contribution in [-0.4, -0.2) is 33.9 Å². The lowest BCUT2D eigenvalue weighted by Crippen LogP contribution is -2.45. The monoisotopic (exact) mass is 427 g/mol. The van der Waals surface area contributed by atoms with E-state index in [1.165, 1.54) is 16.7 Å². The van der Waals surface area contributed by atoms with E-state index in [4.69, 9.17) is 0 Å². The van der Waals surface area contributed by atoms with Crippen molar-refractivity contribution in [3.63, 3.8) is 0 Å². The molecule has 3 aromatic heterocycles. The maximum atomic E-state index is 13.4. The molecule has 1 aliphatic heterocycles. The lowest BCUT2D eigenvalue weighted by atomic mass is 10.1. The number of pyridine rings is 3. The van der Waals surface area contributed by atoms with Crippen molar-refractivity contribution in [1.29, 1.82) is 0 Å². The zero-order valence-electron chi connectivity index (χ0n) is 17.2.